The number of hydrogen-bond acceptors (Lipinski definition) is 1. The topological polar surface area (TPSA) is 38.0 Å². The Balaban J connectivity index is 0. The van der Waals surface area contributed by atoms with Gasteiger partial charge >= 0.3 is 0 Å². The van der Waals surface area contributed by atoms with Crippen LogP contribution >= 0.6 is 12.2 Å². The van der Waals surface area contributed by atoms with Crippen LogP contribution in [0.4, 0.5) is 0 Å². The van der Waals surface area contributed by atoms with Gasteiger partial charge in [0.2, 0.25) is 0 Å². The molecule has 46 valence electrons. The zero-order valence-corrected chi connectivity index (χ0v) is 6.48. The minimum absolute atomic E-state index is 0. The minimum Gasteiger partial charge on any atom is -0.376 e. The first kappa shape index (κ1) is 10.9. The minimum atomic E-state index is 0. The summed E-state index contributed by atoms with van der Waals surface area (Å²) in [5, 5.41) is 3.01. The first-order chi connectivity index (χ1) is 3.27. The van der Waals surface area contributed by atoms with Crippen LogP contribution < -0.4 is 11.1 Å². The van der Waals surface area contributed by atoms with E-state index < -0.39 is 0 Å². The molecule has 4 heteroatoms. The van der Waals surface area contributed by atoms with Crippen LogP contribution in [0.1, 0.15) is 0 Å². The molecule has 0 spiro atoms. The van der Waals surface area contributed by atoms with Gasteiger partial charge < -0.3 is 11.1 Å². The van der Waals surface area contributed by atoms with E-state index >= 15 is 0 Å². The number of hydrogen-bond donors (Lipinski definition) is 2. The van der Waals surface area contributed by atoms with E-state index in [4.69, 9.17) is 5.73 Å². The molecule has 0 saturated heterocycles. The normalized spacial score (nSPS) is 6.50. The van der Waals surface area contributed by atoms with E-state index in [9.17, 15) is 0 Å². The summed E-state index contributed by atoms with van der Waals surface area (Å²) in [6.07, 6.45) is 1.69. The molecule has 0 aliphatic carbocycles. The van der Waals surface area contributed by atoms with Crippen molar-refractivity contribution in [1.29, 1.82) is 0 Å². The second-order valence-corrected chi connectivity index (χ2v) is 1.47. The van der Waals surface area contributed by atoms with Gasteiger partial charge in [-0.1, -0.05) is 6.08 Å². The van der Waals surface area contributed by atoms with Crippen LogP contribution in [0.2, 0.25) is 0 Å². The van der Waals surface area contributed by atoms with Crippen LogP contribution in [0.3, 0.4) is 0 Å². The Morgan fingerprint density at radius 1 is 1.88 bits per heavy atom. The van der Waals surface area contributed by atoms with Crippen LogP contribution in [0.5, 0.6) is 0 Å². The Labute approximate surface area is 65.3 Å². The van der Waals surface area contributed by atoms with Gasteiger partial charge in [0.15, 0.2) is 5.11 Å². The molecule has 0 fully saturated rings. The van der Waals surface area contributed by atoms with E-state index in [0.717, 1.165) is 0 Å². The Morgan fingerprint density at radius 2 is 2.38 bits per heavy atom. The van der Waals surface area contributed by atoms with Crippen LogP contribution in [-0.4, -0.2) is 11.7 Å². The summed E-state index contributed by atoms with van der Waals surface area (Å²) in [5.41, 5.74) is 5.05. The molecule has 0 atom stereocenters. The van der Waals surface area contributed by atoms with Crippen molar-refractivity contribution >= 4 is 17.3 Å². The number of nitrogens with two attached hydrogens (primary N) is 1. The average molecular weight is 168 g/mol. The van der Waals surface area contributed by atoms with E-state index in [1.165, 1.54) is 0 Å². The van der Waals surface area contributed by atoms with Crippen LogP contribution in [0.25, 0.3) is 0 Å². The zero-order chi connectivity index (χ0) is 5.70. The molecular formula is C4H8CrN2S. The molecule has 0 bridgehead atoms. The van der Waals surface area contributed by atoms with Crippen LogP contribution in [0.15, 0.2) is 12.7 Å². The maximum absolute atomic E-state index is 5.05. The molecule has 0 aromatic heterocycles. The molecule has 0 aromatic rings. The van der Waals surface area contributed by atoms with E-state index in [1.807, 2.05) is 0 Å². The standard InChI is InChI=1S/C4H8N2S.Cr/c1-2-3-6-4(5)7;/h2H,1,3H2,(H3,5,6,7);. The summed E-state index contributed by atoms with van der Waals surface area (Å²) in [4.78, 5) is 0. The number of thiocarbonyl (C=S) groups is 1. The van der Waals surface area contributed by atoms with Crippen molar-refractivity contribution in [2.75, 3.05) is 6.54 Å². The van der Waals surface area contributed by atoms with Crippen molar-refractivity contribution in [1.82, 2.24) is 5.32 Å². The van der Waals surface area contributed by atoms with Crippen molar-refractivity contribution in [3.05, 3.63) is 12.7 Å². The smallest absolute Gasteiger partial charge is 0.163 e. The maximum atomic E-state index is 5.05. The van der Waals surface area contributed by atoms with E-state index in [0.29, 0.717) is 11.7 Å². The molecule has 0 aliphatic heterocycles. The maximum Gasteiger partial charge on any atom is 0.163 e. The Hall–Kier alpha value is -0.0375. The van der Waals surface area contributed by atoms with E-state index in [-0.39, 0.29) is 17.4 Å². The van der Waals surface area contributed by atoms with Crippen molar-refractivity contribution in [2.24, 2.45) is 5.73 Å². The number of rotatable bonds is 2. The van der Waals surface area contributed by atoms with Gasteiger partial charge in [0.05, 0.1) is 0 Å². The van der Waals surface area contributed by atoms with Crippen molar-refractivity contribution in [3.63, 3.8) is 0 Å². The van der Waals surface area contributed by atoms with Gasteiger partial charge in [-0.05, 0) is 12.2 Å². The molecule has 2 nitrogen and oxygen atoms in total. The molecule has 0 saturated carbocycles. The quantitative estimate of drug-likeness (QED) is 0.450. The van der Waals surface area contributed by atoms with Gasteiger partial charge in [-0.15, -0.1) is 6.58 Å². The van der Waals surface area contributed by atoms with Gasteiger partial charge in [0.1, 0.15) is 0 Å². The third kappa shape index (κ3) is 9.35. The molecular weight excluding hydrogens is 160 g/mol. The summed E-state index contributed by atoms with van der Waals surface area (Å²) in [6, 6.07) is 0. The third-order valence-electron chi connectivity index (χ3n) is 0.421. The van der Waals surface area contributed by atoms with Gasteiger partial charge in [-0.25, -0.2) is 0 Å². The largest absolute Gasteiger partial charge is 0.376 e. The first-order valence-electron chi connectivity index (χ1n) is 1.91. The van der Waals surface area contributed by atoms with Crippen molar-refractivity contribution in [3.8, 4) is 0 Å². The van der Waals surface area contributed by atoms with Gasteiger partial charge in [-0.2, -0.15) is 0 Å². The molecule has 0 unspecified atom stereocenters. The van der Waals surface area contributed by atoms with Crippen LogP contribution in [0, 0.1) is 0 Å². The van der Waals surface area contributed by atoms with E-state index in [1.54, 1.807) is 6.08 Å². The molecule has 0 aromatic carbocycles. The average Bonchev–Trinajstić information content (AvgIpc) is 1.61. The Kier molecular flexibility index (Phi) is 9.45. The molecule has 3 N–H and O–H groups in total. The molecule has 0 rings (SSSR count). The second-order valence-electron chi connectivity index (χ2n) is 1.03. The monoisotopic (exact) mass is 168 g/mol. The number of nitrogens with one attached hydrogen (secondary N) is 1. The molecule has 8 heavy (non-hydrogen) atoms. The summed E-state index contributed by atoms with van der Waals surface area (Å²) < 4.78 is 0. The zero-order valence-electron chi connectivity index (χ0n) is 4.39. The summed E-state index contributed by atoms with van der Waals surface area (Å²) >= 11 is 4.48. The Morgan fingerprint density at radius 3 is 2.50 bits per heavy atom. The van der Waals surface area contributed by atoms with E-state index in [2.05, 4.69) is 24.1 Å². The molecule has 0 amide bonds. The predicted molar refractivity (Wildman–Crippen MR) is 35.0 cm³/mol. The molecule has 0 radical (unpaired) electrons. The summed E-state index contributed by atoms with van der Waals surface area (Å²) in [5.74, 6) is 0. The van der Waals surface area contributed by atoms with Gasteiger partial charge in [0.25, 0.3) is 0 Å². The summed E-state index contributed by atoms with van der Waals surface area (Å²) in [6.45, 7) is 4.10. The fraction of sp³-hybridized carbons (Fsp3) is 0.250. The third-order valence-corrected chi connectivity index (χ3v) is 0.565. The van der Waals surface area contributed by atoms with Crippen molar-refractivity contribution < 1.29 is 17.4 Å². The fourth-order valence-corrected chi connectivity index (χ4v) is 0.256. The SMILES string of the molecule is C=CCNC(N)=S.[Cr]. The molecule has 0 aliphatic rings. The molecule has 0 heterocycles. The fourth-order valence-electron chi connectivity index (χ4n) is 0.173. The van der Waals surface area contributed by atoms with Crippen molar-refractivity contribution in [2.45, 2.75) is 0 Å². The van der Waals surface area contributed by atoms with Crippen LogP contribution in [-0.2, 0) is 17.4 Å². The predicted octanol–water partition coefficient (Wildman–Crippen LogP) is 0.00310. The van der Waals surface area contributed by atoms with Gasteiger partial charge in [-0.3, -0.25) is 0 Å². The first-order valence-corrected chi connectivity index (χ1v) is 2.32. The van der Waals surface area contributed by atoms with Gasteiger partial charge in [0, 0.05) is 23.9 Å². The second kappa shape index (κ2) is 6.96. The summed E-state index contributed by atoms with van der Waals surface area (Å²) in [7, 11) is 0. The Bertz CT molecular complexity index is 84.1.